The SMILES string of the molecule is COc1cccc(C(=O)N2CCN(C(=O)C3CC(c4cccnc4)NN3)CC2)c1OC. The maximum absolute atomic E-state index is 13.0. The predicted octanol–water partition coefficient (Wildman–Crippen LogP) is 0.991. The minimum atomic E-state index is -0.300. The molecule has 0 radical (unpaired) electrons. The first-order valence-electron chi connectivity index (χ1n) is 10.3. The van der Waals surface area contributed by atoms with Gasteiger partial charge in [0.15, 0.2) is 11.5 Å². The zero-order valence-electron chi connectivity index (χ0n) is 17.7. The van der Waals surface area contributed by atoms with Gasteiger partial charge < -0.3 is 19.3 Å². The van der Waals surface area contributed by atoms with E-state index in [9.17, 15) is 9.59 Å². The average Bonchev–Trinajstić information content (AvgIpc) is 3.33. The quantitative estimate of drug-likeness (QED) is 0.738. The number of hydrogen-bond acceptors (Lipinski definition) is 7. The number of carbonyl (C=O) groups is 2. The smallest absolute Gasteiger partial charge is 0.257 e. The van der Waals surface area contributed by atoms with Gasteiger partial charge in [-0.2, -0.15) is 0 Å². The predicted molar refractivity (Wildman–Crippen MR) is 114 cm³/mol. The molecule has 2 atom stereocenters. The van der Waals surface area contributed by atoms with Crippen molar-refractivity contribution < 1.29 is 19.1 Å². The van der Waals surface area contributed by atoms with Gasteiger partial charge in [-0.1, -0.05) is 12.1 Å². The van der Waals surface area contributed by atoms with Crippen LogP contribution < -0.4 is 20.3 Å². The number of nitrogens with zero attached hydrogens (tertiary/aromatic N) is 3. The topological polar surface area (TPSA) is 96.0 Å². The van der Waals surface area contributed by atoms with Crippen LogP contribution in [-0.4, -0.2) is 73.0 Å². The van der Waals surface area contributed by atoms with Gasteiger partial charge in [-0.3, -0.25) is 14.6 Å². The number of carbonyl (C=O) groups excluding carboxylic acids is 2. The number of piperazine rings is 1. The molecule has 31 heavy (non-hydrogen) atoms. The molecule has 9 heteroatoms. The van der Waals surface area contributed by atoms with E-state index >= 15 is 0 Å². The Morgan fingerprint density at radius 2 is 1.77 bits per heavy atom. The molecule has 3 heterocycles. The number of amides is 2. The molecule has 2 saturated heterocycles. The van der Waals surface area contributed by atoms with Gasteiger partial charge in [0.2, 0.25) is 5.91 Å². The molecule has 2 aromatic rings. The molecule has 164 valence electrons. The summed E-state index contributed by atoms with van der Waals surface area (Å²) in [5.74, 6) is 0.867. The zero-order chi connectivity index (χ0) is 21.8. The standard InChI is InChI=1S/C22H27N5O4/c1-30-19-7-3-6-16(20(19)31-2)21(28)26-9-11-27(12-10-26)22(29)18-13-17(24-25-18)15-5-4-8-23-14-15/h3-8,14,17-18,24-25H,9-13H2,1-2H3. The molecule has 4 rings (SSSR count). The lowest BCUT2D eigenvalue weighted by atomic mass is 10.0. The van der Waals surface area contributed by atoms with Gasteiger partial charge in [-0.05, 0) is 30.2 Å². The molecule has 2 aliphatic rings. The molecule has 1 aromatic carbocycles. The molecule has 0 spiro atoms. The lowest BCUT2D eigenvalue weighted by Crippen LogP contribution is -2.54. The summed E-state index contributed by atoms with van der Waals surface area (Å²) in [5.41, 5.74) is 7.81. The summed E-state index contributed by atoms with van der Waals surface area (Å²) in [5, 5.41) is 0. The Kier molecular flexibility index (Phi) is 6.34. The number of hydrogen-bond donors (Lipinski definition) is 2. The van der Waals surface area contributed by atoms with Gasteiger partial charge in [0.1, 0.15) is 6.04 Å². The number of para-hydroxylation sites is 1. The Hall–Kier alpha value is -3.17. The molecule has 2 amide bonds. The number of benzene rings is 1. The maximum Gasteiger partial charge on any atom is 0.257 e. The minimum Gasteiger partial charge on any atom is -0.493 e. The number of nitrogens with one attached hydrogen (secondary N) is 2. The van der Waals surface area contributed by atoms with Crippen LogP contribution in [0.4, 0.5) is 0 Å². The Morgan fingerprint density at radius 3 is 2.45 bits per heavy atom. The lowest BCUT2D eigenvalue weighted by Gasteiger charge is -2.36. The van der Waals surface area contributed by atoms with Crippen LogP contribution in [0.15, 0.2) is 42.7 Å². The summed E-state index contributed by atoms with van der Waals surface area (Å²) < 4.78 is 10.7. The Balaban J connectivity index is 1.35. The van der Waals surface area contributed by atoms with E-state index < -0.39 is 0 Å². The first kappa shape index (κ1) is 21.1. The van der Waals surface area contributed by atoms with Gasteiger partial charge in [-0.25, -0.2) is 10.9 Å². The van der Waals surface area contributed by atoms with Crippen LogP contribution in [-0.2, 0) is 4.79 Å². The van der Waals surface area contributed by atoms with Crippen LogP contribution in [0.5, 0.6) is 11.5 Å². The van der Waals surface area contributed by atoms with Gasteiger partial charge in [0, 0.05) is 44.6 Å². The number of hydrazine groups is 1. The van der Waals surface area contributed by atoms with Gasteiger partial charge in [-0.15, -0.1) is 0 Å². The molecule has 0 aliphatic carbocycles. The summed E-state index contributed by atoms with van der Waals surface area (Å²) in [6.07, 6.45) is 4.20. The van der Waals surface area contributed by atoms with Crippen LogP contribution in [0, 0.1) is 0 Å². The molecular formula is C22H27N5O4. The number of rotatable bonds is 5. The Labute approximate surface area is 181 Å². The van der Waals surface area contributed by atoms with Gasteiger partial charge in [0.05, 0.1) is 19.8 Å². The monoisotopic (exact) mass is 425 g/mol. The van der Waals surface area contributed by atoms with Crippen molar-refractivity contribution in [2.75, 3.05) is 40.4 Å². The molecule has 0 saturated carbocycles. The van der Waals surface area contributed by atoms with Crippen LogP contribution >= 0.6 is 0 Å². The van der Waals surface area contributed by atoms with E-state index in [0.717, 1.165) is 5.56 Å². The number of methoxy groups -OCH3 is 2. The molecule has 9 nitrogen and oxygen atoms in total. The third-order valence-corrected chi connectivity index (χ3v) is 5.80. The van der Waals surface area contributed by atoms with E-state index in [-0.39, 0.29) is 23.9 Å². The summed E-state index contributed by atoms with van der Waals surface area (Å²) in [6.45, 7) is 1.92. The third-order valence-electron chi connectivity index (χ3n) is 5.80. The van der Waals surface area contributed by atoms with Crippen LogP contribution in [0.1, 0.15) is 28.4 Å². The summed E-state index contributed by atoms with van der Waals surface area (Å²) >= 11 is 0. The van der Waals surface area contributed by atoms with E-state index in [0.29, 0.717) is 49.7 Å². The van der Waals surface area contributed by atoms with Crippen molar-refractivity contribution in [1.82, 2.24) is 25.6 Å². The highest BCUT2D eigenvalue weighted by molar-refractivity contribution is 5.98. The minimum absolute atomic E-state index is 0.0463. The summed E-state index contributed by atoms with van der Waals surface area (Å²) in [7, 11) is 3.06. The molecule has 0 bridgehead atoms. The highest BCUT2D eigenvalue weighted by Crippen LogP contribution is 2.31. The summed E-state index contributed by atoms with van der Waals surface area (Å²) in [4.78, 5) is 33.7. The Morgan fingerprint density at radius 1 is 1.00 bits per heavy atom. The van der Waals surface area contributed by atoms with E-state index in [1.54, 1.807) is 36.4 Å². The number of pyridine rings is 1. The van der Waals surface area contributed by atoms with Crippen molar-refractivity contribution in [3.8, 4) is 11.5 Å². The first-order chi connectivity index (χ1) is 15.1. The Bertz CT molecular complexity index is 931. The van der Waals surface area contributed by atoms with Crippen LogP contribution in [0.3, 0.4) is 0 Å². The molecule has 2 aliphatic heterocycles. The molecule has 1 aromatic heterocycles. The van der Waals surface area contributed by atoms with Crippen molar-refractivity contribution in [1.29, 1.82) is 0 Å². The lowest BCUT2D eigenvalue weighted by molar-refractivity contribution is -0.134. The van der Waals surface area contributed by atoms with Crippen molar-refractivity contribution in [2.45, 2.75) is 18.5 Å². The second kappa shape index (κ2) is 9.32. The number of ether oxygens (including phenoxy) is 2. The highest BCUT2D eigenvalue weighted by atomic mass is 16.5. The second-order valence-corrected chi connectivity index (χ2v) is 7.57. The maximum atomic E-state index is 13.0. The summed E-state index contributed by atoms with van der Waals surface area (Å²) in [6, 6.07) is 8.89. The normalized spacial score (nSPS) is 21.1. The second-order valence-electron chi connectivity index (χ2n) is 7.57. The molecule has 2 fully saturated rings. The van der Waals surface area contributed by atoms with Gasteiger partial charge >= 0.3 is 0 Å². The zero-order valence-corrected chi connectivity index (χ0v) is 17.7. The van der Waals surface area contributed by atoms with Crippen molar-refractivity contribution in [3.63, 3.8) is 0 Å². The van der Waals surface area contributed by atoms with Crippen LogP contribution in [0.2, 0.25) is 0 Å². The average molecular weight is 425 g/mol. The van der Waals surface area contributed by atoms with Crippen molar-refractivity contribution in [2.24, 2.45) is 0 Å². The van der Waals surface area contributed by atoms with E-state index in [1.165, 1.54) is 7.11 Å². The first-order valence-corrected chi connectivity index (χ1v) is 10.3. The highest BCUT2D eigenvalue weighted by Gasteiger charge is 2.35. The number of aromatic nitrogens is 1. The fraction of sp³-hybridized carbons (Fsp3) is 0.409. The van der Waals surface area contributed by atoms with Crippen LogP contribution in [0.25, 0.3) is 0 Å². The van der Waals surface area contributed by atoms with E-state index in [4.69, 9.17) is 9.47 Å². The molecule has 2 N–H and O–H groups in total. The largest absolute Gasteiger partial charge is 0.493 e. The van der Waals surface area contributed by atoms with E-state index in [1.807, 2.05) is 23.2 Å². The van der Waals surface area contributed by atoms with Crippen molar-refractivity contribution >= 4 is 11.8 Å². The fourth-order valence-electron chi connectivity index (χ4n) is 4.09. The molecule has 2 unspecified atom stereocenters. The fourth-order valence-corrected chi connectivity index (χ4v) is 4.09. The van der Waals surface area contributed by atoms with Crippen molar-refractivity contribution in [3.05, 3.63) is 53.9 Å². The van der Waals surface area contributed by atoms with Gasteiger partial charge in [0.25, 0.3) is 5.91 Å². The van der Waals surface area contributed by atoms with E-state index in [2.05, 4.69) is 15.8 Å². The third kappa shape index (κ3) is 4.33. The molecular weight excluding hydrogens is 398 g/mol.